The third kappa shape index (κ3) is 2.28. The molecular weight excluding hydrogens is 205 g/mol. The first kappa shape index (κ1) is 10.8. The van der Waals surface area contributed by atoms with E-state index in [4.69, 9.17) is 5.73 Å². The van der Waals surface area contributed by atoms with Gasteiger partial charge in [-0.05, 0) is 12.6 Å². The molecule has 0 bridgehead atoms. The van der Waals surface area contributed by atoms with Gasteiger partial charge >= 0.3 is 0 Å². The number of hydrogen-bond acceptors (Lipinski definition) is 2. The van der Waals surface area contributed by atoms with Gasteiger partial charge < -0.3 is 10.3 Å². The number of nitrogens with zero attached hydrogens (tertiary/aromatic N) is 2. The molecule has 0 aliphatic carbocycles. The van der Waals surface area contributed by atoms with Crippen LogP contribution in [-0.4, -0.2) is 16.1 Å². The van der Waals surface area contributed by atoms with E-state index in [0.717, 1.165) is 5.82 Å². The Kier molecular flexibility index (Phi) is 3.31. The third-order valence-electron chi connectivity index (χ3n) is 2.47. The molecule has 2 N–H and O–H groups in total. The molecule has 0 aliphatic rings. The van der Waals surface area contributed by atoms with Crippen molar-refractivity contribution in [3.8, 4) is 0 Å². The van der Waals surface area contributed by atoms with Gasteiger partial charge in [0, 0.05) is 24.4 Å². The maximum absolute atomic E-state index is 13.4. The molecule has 0 aliphatic heterocycles. The van der Waals surface area contributed by atoms with Gasteiger partial charge in [0.15, 0.2) is 0 Å². The first-order valence-corrected chi connectivity index (χ1v) is 5.24. The summed E-state index contributed by atoms with van der Waals surface area (Å²) in [6, 6.07) is 6.77. The highest BCUT2D eigenvalue weighted by molar-refractivity contribution is 5.18. The molecule has 0 unspecified atom stereocenters. The van der Waals surface area contributed by atoms with Gasteiger partial charge in [0.25, 0.3) is 0 Å². The molecular formula is C12H14FN3. The van der Waals surface area contributed by atoms with E-state index in [1.165, 1.54) is 6.07 Å². The Morgan fingerprint density at radius 2 is 2.12 bits per heavy atom. The predicted octanol–water partition coefficient (Wildman–Crippen LogP) is 1.57. The summed E-state index contributed by atoms with van der Waals surface area (Å²) in [5, 5.41) is 0. The van der Waals surface area contributed by atoms with Crippen LogP contribution in [0.15, 0.2) is 36.7 Å². The highest BCUT2D eigenvalue weighted by Crippen LogP contribution is 2.10. The van der Waals surface area contributed by atoms with Gasteiger partial charge in [-0.1, -0.05) is 18.2 Å². The van der Waals surface area contributed by atoms with Gasteiger partial charge in [-0.2, -0.15) is 0 Å². The monoisotopic (exact) mass is 219 g/mol. The van der Waals surface area contributed by atoms with Crippen molar-refractivity contribution in [1.82, 2.24) is 9.55 Å². The second kappa shape index (κ2) is 4.90. The standard InChI is InChI=1S/C12H14FN3/c13-11-4-2-1-3-10(11)9-16-8-7-15-12(16)5-6-14/h1-4,7-8H,5-6,9,14H2. The SMILES string of the molecule is NCCc1nccn1Cc1ccccc1F. The summed E-state index contributed by atoms with van der Waals surface area (Å²) in [5.74, 6) is 0.709. The highest BCUT2D eigenvalue weighted by Gasteiger charge is 2.05. The lowest BCUT2D eigenvalue weighted by atomic mass is 10.2. The minimum atomic E-state index is -0.185. The normalized spacial score (nSPS) is 10.6. The van der Waals surface area contributed by atoms with Crippen molar-refractivity contribution in [1.29, 1.82) is 0 Å². The molecule has 3 nitrogen and oxygen atoms in total. The molecule has 0 radical (unpaired) electrons. The van der Waals surface area contributed by atoms with Crippen LogP contribution < -0.4 is 5.73 Å². The molecule has 1 aromatic carbocycles. The second-order valence-corrected chi connectivity index (χ2v) is 3.60. The van der Waals surface area contributed by atoms with Gasteiger partial charge in [0.05, 0.1) is 6.54 Å². The number of halogens is 1. The Hall–Kier alpha value is -1.68. The highest BCUT2D eigenvalue weighted by atomic mass is 19.1. The van der Waals surface area contributed by atoms with E-state index in [1.807, 2.05) is 16.8 Å². The molecule has 0 saturated carbocycles. The van der Waals surface area contributed by atoms with Gasteiger partial charge in [0.1, 0.15) is 11.6 Å². The number of nitrogens with two attached hydrogens (primary N) is 1. The molecule has 1 aromatic heterocycles. The Balaban J connectivity index is 2.20. The van der Waals surface area contributed by atoms with Crippen molar-refractivity contribution in [3.05, 3.63) is 53.9 Å². The average molecular weight is 219 g/mol. The molecule has 0 amide bonds. The summed E-state index contributed by atoms with van der Waals surface area (Å²) >= 11 is 0. The lowest BCUT2D eigenvalue weighted by Gasteiger charge is -2.07. The van der Waals surface area contributed by atoms with Crippen LogP contribution in [0.5, 0.6) is 0 Å². The van der Waals surface area contributed by atoms with Crippen molar-refractivity contribution in [2.75, 3.05) is 6.54 Å². The van der Waals surface area contributed by atoms with Crippen molar-refractivity contribution in [2.45, 2.75) is 13.0 Å². The summed E-state index contributed by atoms with van der Waals surface area (Å²) in [5.41, 5.74) is 6.15. The van der Waals surface area contributed by atoms with Crippen LogP contribution in [0.3, 0.4) is 0 Å². The summed E-state index contributed by atoms with van der Waals surface area (Å²) < 4.78 is 15.4. The van der Waals surface area contributed by atoms with Crippen molar-refractivity contribution in [3.63, 3.8) is 0 Å². The van der Waals surface area contributed by atoms with E-state index in [-0.39, 0.29) is 5.82 Å². The van der Waals surface area contributed by atoms with Crippen LogP contribution >= 0.6 is 0 Å². The fourth-order valence-corrected chi connectivity index (χ4v) is 1.65. The molecule has 2 rings (SSSR count). The van der Waals surface area contributed by atoms with Gasteiger partial charge in [-0.15, -0.1) is 0 Å². The lowest BCUT2D eigenvalue weighted by Crippen LogP contribution is -2.11. The number of rotatable bonds is 4. The zero-order chi connectivity index (χ0) is 11.4. The molecule has 0 saturated heterocycles. The number of benzene rings is 1. The zero-order valence-electron chi connectivity index (χ0n) is 8.94. The largest absolute Gasteiger partial charge is 0.330 e. The maximum Gasteiger partial charge on any atom is 0.128 e. The number of aromatic nitrogens is 2. The van der Waals surface area contributed by atoms with E-state index in [2.05, 4.69) is 4.98 Å². The minimum Gasteiger partial charge on any atom is -0.330 e. The van der Waals surface area contributed by atoms with E-state index in [0.29, 0.717) is 25.1 Å². The fraction of sp³-hybridized carbons (Fsp3) is 0.250. The Morgan fingerprint density at radius 3 is 2.88 bits per heavy atom. The molecule has 0 atom stereocenters. The zero-order valence-corrected chi connectivity index (χ0v) is 8.94. The van der Waals surface area contributed by atoms with Crippen molar-refractivity contribution < 1.29 is 4.39 Å². The first-order valence-electron chi connectivity index (χ1n) is 5.24. The van der Waals surface area contributed by atoms with Gasteiger partial charge in [-0.3, -0.25) is 0 Å². The Morgan fingerprint density at radius 1 is 1.31 bits per heavy atom. The summed E-state index contributed by atoms with van der Waals surface area (Å²) in [7, 11) is 0. The predicted molar refractivity (Wildman–Crippen MR) is 60.5 cm³/mol. The molecule has 0 spiro atoms. The van der Waals surface area contributed by atoms with Crippen LogP contribution in [0.1, 0.15) is 11.4 Å². The van der Waals surface area contributed by atoms with Crippen LogP contribution in [0.2, 0.25) is 0 Å². The van der Waals surface area contributed by atoms with E-state index in [1.54, 1.807) is 18.3 Å². The van der Waals surface area contributed by atoms with E-state index in [9.17, 15) is 4.39 Å². The van der Waals surface area contributed by atoms with E-state index >= 15 is 0 Å². The van der Waals surface area contributed by atoms with E-state index < -0.39 is 0 Å². The first-order chi connectivity index (χ1) is 7.81. The number of imidazole rings is 1. The molecule has 84 valence electrons. The topological polar surface area (TPSA) is 43.8 Å². The Bertz CT molecular complexity index is 465. The average Bonchev–Trinajstić information content (AvgIpc) is 2.70. The van der Waals surface area contributed by atoms with Gasteiger partial charge in [0.2, 0.25) is 0 Å². The summed E-state index contributed by atoms with van der Waals surface area (Å²) in [4.78, 5) is 4.19. The van der Waals surface area contributed by atoms with Crippen molar-refractivity contribution in [2.24, 2.45) is 5.73 Å². The summed E-state index contributed by atoms with van der Waals surface area (Å²) in [6.45, 7) is 1.05. The quantitative estimate of drug-likeness (QED) is 0.848. The third-order valence-corrected chi connectivity index (χ3v) is 2.47. The molecule has 2 aromatic rings. The fourth-order valence-electron chi connectivity index (χ4n) is 1.65. The minimum absolute atomic E-state index is 0.185. The maximum atomic E-state index is 13.4. The number of hydrogen-bond donors (Lipinski definition) is 1. The van der Waals surface area contributed by atoms with Crippen LogP contribution in [-0.2, 0) is 13.0 Å². The molecule has 16 heavy (non-hydrogen) atoms. The summed E-state index contributed by atoms with van der Waals surface area (Å²) in [6.07, 6.45) is 4.27. The molecule has 1 heterocycles. The van der Waals surface area contributed by atoms with Gasteiger partial charge in [-0.25, -0.2) is 9.37 Å². The van der Waals surface area contributed by atoms with Crippen molar-refractivity contribution >= 4 is 0 Å². The Labute approximate surface area is 93.7 Å². The molecule has 0 fully saturated rings. The van der Waals surface area contributed by atoms with Crippen LogP contribution in [0.4, 0.5) is 4.39 Å². The van der Waals surface area contributed by atoms with Crippen LogP contribution in [0.25, 0.3) is 0 Å². The second-order valence-electron chi connectivity index (χ2n) is 3.60. The lowest BCUT2D eigenvalue weighted by molar-refractivity contribution is 0.594. The smallest absolute Gasteiger partial charge is 0.128 e. The molecule has 4 heteroatoms. The van der Waals surface area contributed by atoms with Crippen LogP contribution in [0, 0.1) is 5.82 Å².